The molecule has 0 radical (unpaired) electrons. The first-order valence-corrected chi connectivity index (χ1v) is 11.9. The van der Waals surface area contributed by atoms with E-state index in [0.29, 0.717) is 5.92 Å². The number of rotatable bonds is 16. The number of ether oxygens (including phenoxy) is 2. The van der Waals surface area contributed by atoms with E-state index in [2.05, 4.69) is 60.9 Å². The lowest BCUT2D eigenvalue weighted by atomic mass is 9.93. The van der Waals surface area contributed by atoms with Crippen molar-refractivity contribution < 1.29 is 9.47 Å². The maximum atomic E-state index is 5.65. The van der Waals surface area contributed by atoms with Crippen LogP contribution in [0, 0.1) is 0 Å². The SMILES string of the molecule is COc1ccc(CCNCCCCCCNCCc2ccccc2)c(C(C)C)c1OC. The van der Waals surface area contributed by atoms with Gasteiger partial charge in [-0.05, 0) is 75.0 Å². The maximum absolute atomic E-state index is 5.65. The smallest absolute Gasteiger partial charge is 0.164 e. The van der Waals surface area contributed by atoms with Crippen molar-refractivity contribution in [1.29, 1.82) is 0 Å². The minimum absolute atomic E-state index is 0.404. The molecule has 4 nitrogen and oxygen atoms in total. The predicted octanol–water partition coefficient (Wildman–Crippen LogP) is 5.35. The number of hydrogen-bond donors (Lipinski definition) is 2. The second-order valence-electron chi connectivity index (χ2n) is 8.43. The monoisotopic (exact) mass is 426 g/mol. The second-order valence-corrected chi connectivity index (χ2v) is 8.43. The van der Waals surface area contributed by atoms with Gasteiger partial charge in [-0.2, -0.15) is 0 Å². The summed E-state index contributed by atoms with van der Waals surface area (Å²) in [4.78, 5) is 0. The summed E-state index contributed by atoms with van der Waals surface area (Å²) in [5.41, 5.74) is 4.03. The molecule has 0 unspecified atom stereocenters. The van der Waals surface area contributed by atoms with Gasteiger partial charge in [0.1, 0.15) is 0 Å². The van der Waals surface area contributed by atoms with Gasteiger partial charge in [0, 0.05) is 5.56 Å². The Morgan fingerprint density at radius 3 is 1.94 bits per heavy atom. The summed E-state index contributed by atoms with van der Waals surface area (Å²) in [6.45, 7) is 8.70. The Bertz CT molecular complexity index is 732. The second kappa shape index (κ2) is 14.9. The Hall–Kier alpha value is -2.04. The number of benzene rings is 2. The fourth-order valence-electron chi connectivity index (χ4n) is 4.05. The van der Waals surface area contributed by atoms with Crippen LogP contribution in [0.2, 0.25) is 0 Å². The Morgan fingerprint density at radius 1 is 0.710 bits per heavy atom. The van der Waals surface area contributed by atoms with E-state index in [9.17, 15) is 0 Å². The fraction of sp³-hybridized carbons (Fsp3) is 0.556. The zero-order chi connectivity index (χ0) is 22.3. The largest absolute Gasteiger partial charge is 0.493 e. The van der Waals surface area contributed by atoms with Gasteiger partial charge in [-0.25, -0.2) is 0 Å². The third-order valence-electron chi connectivity index (χ3n) is 5.71. The predicted molar refractivity (Wildman–Crippen MR) is 132 cm³/mol. The van der Waals surface area contributed by atoms with Gasteiger partial charge in [0.15, 0.2) is 11.5 Å². The molecule has 0 aromatic heterocycles. The highest BCUT2D eigenvalue weighted by atomic mass is 16.5. The van der Waals surface area contributed by atoms with E-state index in [1.807, 2.05) is 6.07 Å². The van der Waals surface area contributed by atoms with E-state index in [0.717, 1.165) is 50.5 Å². The van der Waals surface area contributed by atoms with Gasteiger partial charge in [-0.3, -0.25) is 0 Å². The molecule has 2 rings (SSSR count). The molecule has 0 amide bonds. The Labute approximate surface area is 189 Å². The molecule has 2 aromatic carbocycles. The Morgan fingerprint density at radius 2 is 1.35 bits per heavy atom. The van der Waals surface area contributed by atoms with Crippen LogP contribution in [0.1, 0.15) is 62.1 Å². The van der Waals surface area contributed by atoms with Gasteiger partial charge in [0.05, 0.1) is 14.2 Å². The Kier molecular flexibility index (Phi) is 12.1. The van der Waals surface area contributed by atoms with Gasteiger partial charge < -0.3 is 20.1 Å². The Balaban J connectivity index is 1.53. The summed E-state index contributed by atoms with van der Waals surface area (Å²) in [5, 5.41) is 7.17. The highest BCUT2D eigenvalue weighted by Gasteiger charge is 2.17. The number of unbranched alkanes of at least 4 members (excludes halogenated alkanes) is 3. The number of hydrogen-bond acceptors (Lipinski definition) is 4. The van der Waals surface area contributed by atoms with Gasteiger partial charge in [0.2, 0.25) is 0 Å². The molecule has 0 aliphatic carbocycles. The van der Waals surface area contributed by atoms with Crippen LogP contribution in [0.4, 0.5) is 0 Å². The van der Waals surface area contributed by atoms with Crippen LogP contribution < -0.4 is 20.1 Å². The molecule has 0 aliphatic rings. The van der Waals surface area contributed by atoms with Crippen LogP contribution in [0.3, 0.4) is 0 Å². The van der Waals surface area contributed by atoms with E-state index in [1.54, 1.807) is 14.2 Å². The van der Waals surface area contributed by atoms with Crippen LogP contribution >= 0.6 is 0 Å². The van der Waals surface area contributed by atoms with Gasteiger partial charge in [-0.15, -0.1) is 0 Å². The topological polar surface area (TPSA) is 42.5 Å². The van der Waals surface area contributed by atoms with Crippen LogP contribution in [0.15, 0.2) is 42.5 Å². The first kappa shape index (κ1) is 25.2. The fourth-order valence-corrected chi connectivity index (χ4v) is 4.05. The molecule has 0 atom stereocenters. The molecule has 4 heteroatoms. The third-order valence-corrected chi connectivity index (χ3v) is 5.71. The van der Waals surface area contributed by atoms with Crippen molar-refractivity contribution in [3.05, 3.63) is 59.2 Å². The summed E-state index contributed by atoms with van der Waals surface area (Å²) >= 11 is 0. The highest BCUT2D eigenvalue weighted by molar-refractivity contribution is 5.52. The van der Waals surface area contributed by atoms with E-state index in [1.165, 1.54) is 42.4 Å². The van der Waals surface area contributed by atoms with Crippen molar-refractivity contribution in [3.8, 4) is 11.5 Å². The normalized spacial score (nSPS) is 11.1. The van der Waals surface area contributed by atoms with E-state index >= 15 is 0 Å². The molecule has 0 heterocycles. The van der Waals surface area contributed by atoms with E-state index in [-0.39, 0.29) is 0 Å². The van der Waals surface area contributed by atoms with Crippen molar-refractivity contribution in [2.24, 2.45) is 0 Å². The summed E-state index contributed by atoms with van der Waals surface area (Å²) in [7, 11) is 3.43. The van der Waals surface area contributed by atoms with Crippen molar-refractivity contribution in [2.45, 2.75) is 58.3 Å². The molecular formula is C27H42N2O2. The lowest BCUT2D eigenvalue weighted by Gasteiger charge is -2.19. The molecule has 0 bridgehead atoms. The molecule has 172 valence electrons. The van der Waals surface area contributed by atoms with Crippen molar-refractivity contribution in [1.82, 2.24) is 10.6 Å². The average molecular weight is 427 g/mol. The van der Waals surface area contributed by atoms with Gasteiger partial charge in [-0.1, -0.05) is 63.1 Å². The van der Waals surface area contributed by atoms with Crippen molar-refractivity contribution in [3.63, 3.8) is 0 Å². The molecule has 0 spiro atoms. The van der Waals surface area contributed by atoms with E-state index < -0.39 is 0 Å². The molecule has 0 saturated carbocycles. The molecule has 0 aliphatic heterocycles. The minimum Gasteiger partial charge on any atom is -0.493 e. The first-order chi connectivity index (χ1) is 15.2. The minimum atomic E-state index is 0.404. The van der Waals surface area contributed by atoms with Crippen LogP contribution in [0.5, 0.6) is 11.5 Å². The average Bonchev–Trinajstić information content (AvgIpc) is 2.79. The molecule has 2 aromatic rings. The van der Waals surface area contributed by atoms with Crippen molar-refractivity contribution in [2.75, 3.05) is 40.4 Å². The zero-order valence-corrected chi connectivity index (χ0v) is 20.0. The third kappa shape index (κ3) is 8.92. The van der Waals surface area contributed by atoms with Crippen LogP contribution in [-0.2, 0) is 12.8 Å². The zero-order valence-electron chi connectivity index (χ0n) is 20.0. The lowest BCUT2D eigenvalue weighted by Crippen LogP contribution is -2.20. The quantitative estimate of drug-likeness (QED) is 0.355. The van der Waals surface area contributed by atoms with Crippen LogP contribution in [0.25, 0.3) is 0 Å². The maximum Gasteiger partial charge on any atom is 0.164 e. The molecule has 31 heavy (non-hydrogen) atoms. The number of nitrogens with one attached hydrogen (secondary N) is 2. The summed E-state index contributed by atoms with van der Waals surface area (Å²) in [6.07, 6.45) is 7.22. The highest BCUT2D eigenvalue weighted by Crippen LogP contribution is 2.38. The lowest BCUT2D eigenvalue weighted by molar-refractivity contribution is 0.349. The summed E-state index contributed by atoms with van der Waals surface area (Å²) in [5.74, 6) is 2.10. The van der Waals surface area contributed by atoms with Crippen LogP contribution in [-0.4, -0.2) is 40.4 Å². The summed E-state index contributed by atoms with van der Waals surface area (Å²) < 4.78 is 11.1. The summed E-state index contributed by atoms with van der Waals surface area (Å²) in [6, 6.07) is 14.9. The van der Waals surface area contributed by atoms with Gasteiger partial charge in [0.25, 0.3) is 0 Å². The molecular weight excluding hydrogens is 384 g/mol. The molecule has 0 fully saturated rings. The number of methoxy groups -OCH3 is 2. The molecule has 0 saturated heterocycles. The van der Waals surface area contributed by atoms with Gasteiger partial charge >= 0.3 is 0 Å². The van der Waals surface area contributed by atoms with Crippen molar-refractivity contribution >= 4 is 0 Å². The standard InChI is InChI=1S/C27H42N2O2/c1-22(2)26-24(14-15-25(30-3)27(26)31-4)17-21-29-19-11-6-5-10-18-28-20-16-23-12-8-7-9-13-23/h7-9,12-15,22,28-29H,5-6,10-11,16-21H2,1-4H3. The molecule has 2 N–H and O–H groups in total. The first-order valence-electron chi connectivity index (χ1n) is 11.9. The van der Waals surface area contributed by atoms with E-state index in [4.69, 9.17) is 9.47 Å².